The first-order valence-corrected chi connectivity index (χ1v) is 5.28. The number of nitrogens with zero attached hydrogens (tertiary/aromatic N) is 1. The van der Waals surface area contributed by atoms with E-state index in [2.05, 4.69) is 0 Å². The van der Waals surface area contributed by atoms with E-state index >= 15 is 0 Å². The van der Waals surface area contributed by atoms with Gasteiger partial charge in [-0.15, -0.1) is 0 Å². The fraction of sp³-hybridized carbons (Fsp3) is 0.385. The Kier molecular flexibility index (Phi) is 2.55. The van der Waals surface area contributed by atoms with Crippen molar-refractivity contribution in [2.75, 3.05) is 0 Å². The molecule has 1 aromatic rings. The molecule has 0 radical (unpaired) electrons. The van der Waals surface area contributed by atoms with Gasteiger partial charge in [-0.1, -0.05) is 12.1 Å². The molecule has 0 saturated carbocycles. The fourth-order valence-electron chi connectivity index (χ4n) is 2.03. The number of rotatable bonds is 2. The number of nitriles is 1. The Labute approximate surface area is 89.5 Å². The minimum absolute atomic E-state index is 0.0628. The molecule has 15 heavy (non-hydrogen) atoms. The zero-order chi connectivity index (χ0) is 10.8. The molecule has 2 rings (SSSR count). The Morgan fingerprint density at radius 2 is 2.13 bits per heavy atom. The predicted molar refractivity (Wildman–Crippen MR) is 57.6 cm³/mol. The lowest BCUT2D eigenvalue weighted by Crippen LogP contribution is -2.09. The molecule has 1 atom stereocenters. The standard InChI is InChI=1S/C13H13NO/c1-9(8-14)13(15)12-6-5-10-3-2-4-11(10)7-12/h5-7,9H,2-4H2,1H3. The molecule has 0 amide bonds. The molecule has 2 nitrogen and oxygen atoms in total. The molecule has 0 aromatic heterocycles. The van der Waals surface area contributed by atoms with Gasteiger partial charge in [-0.25, -0.2) is 0 Å². The van der Waals surface area contributed by atoms with E-state index in [1.165, 1.54) is 17.5 Å². The summed E-state index contributed by atoms with van der Waals surface area (Å²) in [6, 6.07) is 7.81. The summed E-state index contributed by atoms with van der Waals surface area (Å²) in [4.78, 5) is 11.8. The summed E-state index contributed by atoms with van der Waals surface area (Å²) in [6.07, 6.45) is 3.37. The van der Waals surface area contributed by atoms with Gasteiger partial charge in [-0.2, -0.15) is 5.26 Å². The lowest BCUT2D eigenvalue weighted by Gasteiger charge is -2.05. The van der Waals surface area contributed by atoms with Crippen LogP contribution in [-0.2, 0) is 12.8 Å². The number of ketones is 1. The van der Waals surface area contributed by atoms with Crippen molar-refractivity contribution in [1.29, 1.82) is 5.26 Å². The van der Waals surface area contributed by atoms with Crippen molar-refractivity contribution in [2.24, 2.45) is 5.92 Å². The Morgan fingerprint density at radius 3 is 2.87 bits per heavy atom. The van der Waals surface area contributed by atoms with Gasteiger partial charge in [0, 0.05) is 5.56 Å². The molecule has 2 heteroatoms. The quantitative estimate of drug-likeness (QED) is 0.687. The summed E-state index contributed by atoms with van der Waals surface area (Å²) in [7, 11) is 0. The van der Waals surface area contributed by atoms with Crippen molar-refractivity contribution >= 4 is 5.78 Å². The maximum Gasteiger partial charge on any atom is 0.179 e. The lowest BCUT2D eigenvalue weighted by molar-refractivity contribution is 0.0956. The molecular formula is C13H13NO. The monoisotopic (exact) mass is 199 g/mol. The molecule has 76 valence electrons. The van der Waals surface area contributed by atoms with Crippen LogP contribution in [0.4, 0.5) is 0 Å². The summed E-state index contributed by atoms with van der Waals surface area (Å²) in [5.74, 6) is -0.600. The highest BCUT2D eigenvalue weighted by Crippen LogP contribution is 2.23. The van der Waals surface area contributed by atoms with Gasteiger partial charge >= 0.3 is 0 Å². The van der Waals surface area contributed by atoms with Crippen LogP contribution in [0.5, 0.6) is 0 Å². The van der Waals surface area contributed by atoms with Gasteiger partial charge in [-0.05, 0) is 43.4 Å². The van der Waals surface area contributed by atoms with Crippen LogP contribution in [0.15, 0.2) is 18.2 Å². The third kappa shape index (κ3) is 1.78. The zero-order valence-electron chi connectivity index (χ0n) is 8.79. The average molecular weight is 199 g/mol. The molecule has 1 unspecified atom stereocenters. The number of benzene rings is 1. The van der Waals surface area contributed by atoms with Crippen molar-refractivity contribution in [3.05, 3.63) is 34.9 Å². The number of carbonyl (C=O) groups excluding carboxylic acids is 1. The van der Waals surface area contributed by atoms with Crippen molar-refractivity contribution in [2.45, 2.75) is 26.2 Å². The fourth-order valence-corrected chi connectivity index (χ4v) is 2.03. The van der Waals surface area contributed by atoms with Crippen molar-refractivity contribution in [3.8, 4) is 6.07 Å². The van der Waals surface area contributed by atoms with E-state index in [0.29, 0.717) is 5.56 Å². The van der Waals surface area contributed by atoms with Crippen LogP contribution in [0.25, 0.3) is 0 Å². The first-order chi connectivity index (χ1) is 7.22. The van der Waals surface area contributed by atoms with Gasteiger partial charge in [0.1, 0.15) is 5.92 Å². The molecule has 0 heterocycles. The Hall–Kier alpha value is -1.62. The molecule has 0 N–H and O–H groups in total. The molecule has 0 bridgehead atoms. The highest BCUT2D eigenvalue weighted by atomic mass is 16.1. The SMILES string of the molecule is CC(C#N)C(=O)c1ccc2c(c1)CCC2. The van der Waals surface area contributed by atoms with Gasteiger partial charge in [-0.3, -0.25) is 4.79 Å². The van der Waals surface area contributed by atoms with Crippen LogP contribution in [-0.4, -0.2) is 5.78 Å². The first-order valence-electron chi connectivity index (χ1n) is 5.28. The maximum atomic E-state index is 11.8. The van der Waals surface area contributed by atoms with Gasteiger partial charge in [0.05, 0.1) is 6.07 Å². The van der Waals surface area contributed by atoms with E-state index in [1.54, 1.807) is 6.92 Å². The number of Topliss-reactive ketones (excluding diaryl/α,β-unsaturated/α-hetero) is 1. The smallest absolute Gasteiger partial charge is 0.179 e. The number of aryl methyl sites for hydroxylation is 2. The second-order valence-electron chi connectivity index (χ2n) is 4.05. The molecule has 1 aliphatic carbocycles. The topological polar surface area (TPSA) is 40.9 Å². The van der Waals surface area contributed by atoms with Crippen LogP contribution in [0.1, 0.15) is 34.8 Å². The molecule has 0 aliphatic heterocycles. The second kappa shape index (κ2) is 3.86. The summed E-state index contributed by atoms with van der Waals surface area (Å²) in [5.41, 5.74) is 3.33. The normalized spacial score (nSPS) is 15.5. The van der Waals surface area contributed by atoms with Gasteiger partial charge in [0.2, 0.25) is 0 Å². The van der Waals surface area contributed by atoms with E-state index in [1.807, 2.05) is 24.3 Å². The predicted octanol–water partition coefficient (Wildman–Crippen LogP) is 2.52. The van der Waals surface area contributed by atoms with Crippen molar-refractivity contribution in [3.63, 3.8) is 0 Å². The summed E-state index contributed by atoms with van der Waals surface area (Å²) in [5, 5.41) is 8.69. The zero-order valence-corrected chi connectivity index (χ0v) is 8.79. The van der Waals surface area contributed by atoms with E-state index in [0.717, 1.165) is 12.8 Å². The summed E-state index contributed by atoms with van der Waals surface area (Å²) >= 11 is 0. The lowest BCUT2D eigenvalue weighted by atomic mass is 9.97. The Bertz CT molecular complexity index is 442. The highest BCUT2D eigenvalue weighted by molar-refractivity contribution is 5.99. The number of fused-ring (bicyclic) bond motifs is 1. The van der Waals surface area contributed by atoms with Gasteiger partial charge < -0.3 is 0 Å². The Morgan fingerprint density at radius 1 is 1.40 bits per heavy atom. The molecular weight excluding hydrogens is 186 g/mol. The minimum Gasteiger partial charge on any atom is -0.293 e. The largest absolute Gasteiger partial charge is 0.293 e. The number of hydrogen-bond donors (Lipinski definition) is 0. The van der Waals surface area contributed by atoms with E-state index < -0.39 is 5.92 Å². The minimum atomic E-state index is -0.538. The van der Waals surface area contributed by atoms with Crippen LogP contribution in [0.3, 0.4) is 0 Å². The Balaban J connectivity index is 2.31. The van der Waals surface area contributed by atoms with E-state index in [4.69, 9.17) is 5.26 Å². The summed E-state index contributed by atoms with van der Waals surface area (Å²) in [6.45, 7) is 1.65. The molecule has 1 aromatic carbocycles. The van der Waals surface area contributed by atoms with Crippen LogP contribution >= 0.6 is 0 Å². The number of hydrogen-bond acceptors (Lipinski definition) is 2. The molecule has 0 saturated heterocycles. The molecule has 0 spiro atoms. The van der Waals surface area contributed by atoms with E-state index in [9.17, 15) is 4.79 Å². The highest BCUT2D eigenvalue weighted by Gasteiger charge is 2.17. The number of carbonyl (C=O) groups is 1. The van der Waals surface area contributed by atoms with Crippen LogP contribution < -0.4 is 0 Å². The van der Waals surface area contributed by atoms with Gasteiger partial charge in [0.15, 0.2) is 5.78 Å². The van der Waals surface area contributed by atoms with Crippen LogP contribution in [0, 0.1) is 17.2 Å². The maximum absolute atomic E-state index is 11.8. The van der Waals surface area contributed by atoms with Gasteiger partial charge in [0.25, 0.3) is 0 Å². The molecule has 1 aliphatic rings. The third-order valence-corrected chi connectivity index (χ3v) is 2.97. The summed E-state index contributed by atoms with van der Waals surface area (Å²) < 4.78 is 0. The van der Waals surface area contributed by atoms with Crippen LogP contribution in [0.2, 0.25) is 0 Å². The third-order valence-electron chi connectivity index (χ3n) is 2.97. The average Bonchev–Trinajstić information content (AvgIpc) is 2.73. The van der Waals surface area contributed by atoms with E-state index in [-0.39, 0.29) is 5.78 Å². The second-order valence-corrected chi connectivity index (χ2v) is 4.05. The van der Waals surface area contributed by atoms with Crippen molar-refractivity contribution in [1.82, 2.24) is 0 Å². The first kappa shape index (κ1) is 9.92. The molecule has 0 fully saturated rings. The van der Waals surface area contributed by atoms with Crippen molar-refractivity contribution < 1.29 is 4.79 Å².